The van der Waals surface area contributed by atoms with Gasteiger partial charge >= 0.3 is 5.97 Å². The minimum absolute atomic E-state index is 0.0442. The van der Waals surface area contributed by atoms with Crippen LogP contribution in [-0.4, -0.2) is 108 Å². The Morgan fingerprint density at radius 2 is 1.88 bits per heavy atom. The molecule has 0 aromatic heterocycles. The summed E-state index contributed by atoms with van der Waals surface area (Å²) in [4.78, 5) is 17.7. The Balaban J connectivity index is 1.35. The number of aliphatic hydroxyl groups excluding tert-OH is 1. The van der Waals surface area contributed by atoms with Gasteiger partial charge in [0.25, 0.3) is 0 Å². The minimum Gasteiger partial charge on any atom is -0.504 e. The number of phenolic OH excluding ortho intramolecular Hbond substituents is 2. The van der Waals surface area contributed by atoms with Gasteiger partial charge < -0.3 is 43.5 Å². The van der Waals surface area contributed by atoms with Crippen molar-refractivity contribution in [3.63, 3.8) is 0 Å². The number of carbonyl (C=O) groups excluding carboxylic acids is 1. The molecule has 272 valence electrons. The van der Waals surface area contributed by atoms with Crippen molar-refractivity contribution in [2.75, 3.05) is 66.7 Å². The molecule has 6 aliphatic heterocycles. The van der Waals surface area contributed by atoms with Gasteiger partial charge in [0.2, 0.25) is 6.79 Å². The van der Waals surface area contributed by atoms with E-state index in [1.165, 1.54) is 6.92 Å². The standard InChI is InChI=1S/C38H45N3O9S/c1-19-7-8-23(33(45)34(19)46-6)31-32-38-30-29(37-36(48-18-49-37)20(2)35(30)50-21(3)43)25(40(32)17-39(31)4)15-41(5)10-9-22-13-27(44)28(47-12-11-42)14-24(22)26(41)16-51-38/h7-8,13-14,25-26,31-32,38,42H,9-12,15-18H2,1-6H3,(H-,44,45)/p+1. The first-order chi connectivity index (χ1) is 24.5. The smallest absolute Gasteiger partial charge is 0.308 e. The number of methoxy groups -OCH3 is 1. The SMILES string of the molecule is COc1c(C)ccc(C2C3C4SCC5c6cc(OCCO)c(O)cc6CC[N+]5(C)CC(c5c6c(c(C)c(OC(C)=O)c54)OCO6)N3CN2C)c1O. The van der Waals surface area contributed by atoms with E-state index in [-0.39, 0.29) is 60.9 Å². The summed E-state index contributed by atoms with van der Waals surface area (Å²) in [6.45, 7) is 7.51. The number of aryl methyl sites for hydroxylation is 1. The summed E-state index contributed by atoms with van der Waals surface area (Å²) < 4.78 is 30.8. The molecule has 2 saturated heterocycles. The van der Waals surface area contributed by atoms with Crippen molar-refractivity contribution in [2.24, 2.45) is 0 Å². The van der Waals surface area contributed by atoms with Gasteiger partial charge in [0.15, 0.2) is 34.5 Å². The van der Waals surface area contributed by atoms with Crippen molar-refractivity contribution < 1.29 is 48.3 Å². The molecule has 3 aromatic rings. The lowest BCUT2D eigenvalue weighted by atomic mass is 9.80. The van der Waals surface area contributed by atoms with Gasteiger partial charge in [-0.05, 0) is 44.2 Å². The first-order valence-electron chi connectivity index (χ1n) is 17.5. The van der Waals surface area contributed by atoms with Crippen molar-refractivity contribution in [2.45, 2.75) is 56.6 Å². The lowest BCUT2D eigenvalue weighted by Gasteiger charge is -2.49. The number of thioether (sulfide) groups is 1. The number of aliphatic hydroxyl groups is 1. The van der Waals surface area contributed by atoms with Crippen LogP contribution >= 0.6 is 11.8 Å². The van der Waals surface area contributed by atoms with Gasteiger partial charge in [-0.3, -0.25) is 14.6 Å². The van der Waals surface area contributed by atoms with E-state index in [0.717, 1.165) is 64.2 Å². The highest BCUT2D eigenvalue weighted by molar-refractivity contribution is 7.99. The number of hydrogen-bond donors (Lipinski definition) is 3. The largest absolute Gasteiger partial charge is 0.504 e. The summed E-state index contributed by atoms with van der Waals surface area (Å²) in [5.74, 6) is 3.23. The van der Waals surface area contributed by atoms with Crippen molar-refractivity contribution in [3.8, 4) is 40.2 Å². The summed E-state index contributed by atoms with van der Waals surface area (Å²) in [5.41, 5.74) is 6.55. The fraction of sp³-hybridized carbons (Fsp3) is 0.500. The van der Waals surface area contributed by atoms with Gasteiger partial charge in [-0.25, -0.2) is 0 Å². The molecule has 6 unspecified atom stereocenters. The zero-order chi connectivity index (χ0) is 35.9. The zero-order valence-corrected chi connectivity index (χ0v) is 30.7. The third-order valence-corrected chi connectivity index (χ3v) is 13.1. The third-order valence-electron chi connectivity index (χ3n) is 11.7. The average molecular weight is 721 g/mol. The summed E-state index contributed by atoms with van der Waals surface area (Å²) >= 11 is 1.83. The first kappa shape index (κ1) is 34.2. The molecule has 6 atom stereocenters. The quantitative estimate of drug-likeness (QED) is 0.186. The molecule has 0 aliphatic carbocycles. The van der Waals surface area contributed by atoms with Gasteiger partial charge in [-0.15, -0.1) is 11.8 Å². The van der Waals surface area contributed by atoms with Gasteiger partial charge in [0.1, 0.15) is 18.4 Å². The maximum atomic E-state index is 12.8. The van der Waals surface area contributed by atoms with E-state index in [1.54, 1.807) is 7.11 Å². The van der Waals surface area contributed by atoms with Crippen molar-refractivity contribution in [3.05, 3.63) is 63.2 Å². The molecule has 9 rings (SSSR count). The number of carbonyl (C=O) groups is 1. The fourth-order valence-corrected chi connectivity index (χ4v) is 11.2. The summed E-state index contributed by atoms with van der Waals surface area (Å²) in [5, 5.41) is 31.8. The van der Waals surface area contributed by atoms with E-state index in [1.807, 2.05) is 49.9 Å². The normalized spacial score (nSPS) is 27.8. The Bertz CT molecular complexity index is 1920. The second kappa shape index (κ2) is 12.7. The molecule has 51 heavy (non-hydrogen) atoms. The van der Waals surface area contributed by atoms with Crippen LogP contribution in [0.4, 0.5) is 0 Å². The van der Waals surface area contributed by atoms with E-state index < -0.39 is 5.97 Å². The van der Waals surface area contributed by atoms with Crippen LogP contribution in [0.25, 0.3) is 0 Å². The number of esters is 1. The highest BCUT2D eigenvalue weighted by atomic mass is 32.2. The second-order valence-corrected chi connectivity index (χ2v) is 15.8. The molecule has 0 saturated carbocycles. The number of hydrogen-bond acceptors (Lipinski definition) is 12. The number of likely N-dealkylation sites (N-methyl/N-ethyl adjacent to an activating group) is 2. The predicted molar refractivity (Wildman–Crippen MR) is 190 cm³/mol. The van der Waals surface area contributed by atoms with Crippen LogP contribution in [0.1, 0.15) is 69.2 Å². The van der Waals surface area contributed by atoms with Crippen LogP contribution in [0.5, 0.6) is 40.2 Å². The number of rotatable bonds is 6. The maximum absolute atomic E-state index is 12.8. The van der Waals surface area contributed by atoms with E-state index in [4.69, 9.17) is 23.7 Å². The number of aromatic hydroxyl groups is 2. The third kappa shape index (κ3) is 5.22. The summed E-state index contributed by atoms with van der Waals surface area (Å²) in [6.07, 6.45) is 0.775. The first-order valence-corrected chi connectivity index (χ1v) is 18.5. The molecule has 0 amide bonds. The van der Waals surface area contributed by atoms with Crippen molar-refractivity contribution >= 4 is 17.7 Å². The van der Waals surface area contributed by atoms with Gasteiger partial charge in [-0.2, -0.15) is 0 Å². The number of fused-ring (bicyclic) bond motifs is 3. The van der Waals surface area contributed by atoms with Crippen LogP contribution in [0.3, 0.4) is 0 Å². The maximum Gasteiger partial charge on any atom is 0.308 e. The Labute approximate surface area is 302 Å². The molecule has 13 heteroatoms. The molecule has 3 aromatic carbocycles. The molecule has 3 N–H and O–H groups in total. The molecular weight excluding hydrogens is 674 g/mol. The zero-order valence-electron chi connectivity index (χ0n) is 29.9. The molecule has 2 fully saturated rings. The van der Waals surface area contributed by atoms with Crippen LogP contribution < -0.4 is 23.7 Å². The summed E-state index contributed by atoms with van der Waals surface area (Å²) in [7, 11) is 6.00. The molecule has 0 radical (unpaired) electrons. The van der Waals surface area contributed by atoms with Gasteiger partial charge in [0.05, 0.1) is 63.6 Å². The lowest BCUT2D eigenvalue weighted by Crippen LogP contribution is -2.56. The Morgan fingerprint density at radius 3 is 2.63 bits per heavy atom. The highest BCUT2D eigenvalue weighted by Gasteiger charge is 2.58. The monoisotopic (exact) mass is 720 g/mol. The topological polar surface area (TPSA) is 130 Å². The van der Waals surface area contributed by atoms with E-state index >= 15 is 0 Å². The molecular formula is C38H46N3O9S+. The second-order valence-electron chi connectivity index (χ2n) is 14.7. The van der Waals surface area contributed by atoms with Gasteiger partial charge in [-0.1, -0.05) is 12.1 Å². The Morgan fingerprint density at radius 1 is 1.10 bits per heavy atom. The molecule has 6 heterocycles. The summed E-state index contributed by atoms with van der Waals surface area (Å²) in [6, 6.07) is 7.34. The number of nitrogens with zero attached hydrogens (tertiary/aromatic N) is 3. The molecule has 2 bridgehead atoms. The fourth-order valence-electron chi connectivity index (χ4n) is 9.41. The van der Waals surface area contributed by atoms with Crippen LogP contribution in [0.2, 0.25) is 0 Å². The van der Waals surface area contributed by atoms with Crippen molar-refractivity contribution in [1.29, 1.82) is 0 Å². The highest BCUT2D eigenvalue weighted by Crippen LogP contribution is 2.64. The van der Waals surface area contributed by atoms with Crippen LogP contribution in [0.15, 0.2) is 24.3 Å². The average Bonchev–Trinajstić information content (AvgIpc) is 3.73. The van der Waals surface area contributed by atoms with E-state index in [9.17, 15) is 20.1 Å². The lowest BCUT2D eigenvalue weighted by molar-refractivity contribution is -0.941. The Hall–Kier alpha value is -3.88. The minimum atomic E-state index is -0.404. The van der Waals surface area contributed by atoms with E-state index in [2.05, 4.69) is 23.9 Å². The van der Waals surface area contributed by atoms with Crippen LogP contribution in [0, 0.1) is 13.8 Å². The number of phenols is 2. The number of ether oxygens (including phenoxy) is 5. The molecule has 6 aliphatic rings. The van der Waals surface area contributed by atoms with E-state index in [0.29, 0.717) is 39.9 Å². The molecule has 12 nitrogen and oxygen atoms in total. The Kier molecular flexibility index (Phi) is 8.49. The number of benzene rings is 3. The van der Waals surface area contributed by atoms with Crippen molar-refractivity contribution in [1.82, 2.24) is 9.80 Å². The van der Waals surface area contributed by atoms with Crippen LogP contribution in [-0.2, 0) is 11.2 Å². The van der Waals surface area contributed by atoms with Gasteiger partial charge in [0, 0.05) is 47.2 Å². The number of quaternary nitrogens is 1. The molecule has 0 spiro atoms. The predicted octanol–water partition coefficient (Wildman–Crippen LogP) is 4.65.